The summed E-state index contributed by atoms with van der Waals surface area (Å²) in [7, 11) is -3.60. The molecule has 2 aromatic rings. The first-order valence-electron chi connectivity index (χ1n) is 9.06. The van der Waals surface area contributed by atoms with Crippen LogP contribution in [0.1, 0.15) is 19.4 Å². The van der Waals surface area contributed by atoms with Gasteiger partial charge in [-0.3, -0.25) is 5.32 Å². The second-order valence-electron chi connectivity index (χ2n) is 6.96. The third-order valence-electron chi connectivity index (χ3n) is 4.23. The molecule has 0 aliphatic carbocycles. The van der Waals surface area contributed by atoms with E-state index in [9.17, 15) is 13.5 Å². The Hall–Kier alpha value is -1.93. The number of benzene rings is 2. The number of aliphatic hydroxyl groups excluding tert-OH is 1. The number of anilines is 1. The molecule has 0 aliphatic rings. The lowest BCUT2D eigenvalue weighted by Gasteiger charge is -2.24. The summed E-state index contributed by atoms with van der Waals surface area (Å²) in [4.78, 5) is 0.186. The Labute approximate surface area is 161 Å². The Balaban J connectivity index is 1.92. The van der Waals surface area contributed by atoms with Crippen LogP contribution in [0, 0.1) is 5.92 Å². The molecule has 2 aromatic carbocycles. The van der Waals surface area contributed by atoms with E-state index in [0.29, 0.717) is 18.8 Å². The number of hydrogen-bond acceptors (Lipinski definition) is 6. The highest BCUT2D eigenvalue weighted by Crippen LogP contribution is 2.21. The van der Waals surface area contributed by atoms with Crippen LogP contribution >= 0.6 is 0 Å². The van der Waals surface area contributed by atoms with Crippen molar-refractivity contribution in [1.82, 2.24) is 10.6 Å². The van der Waals surface area contributed by atoms with E-state index in [-0.39, 0.29) is 17.4 Å². The van der Waals surface area contributed by atoms with Gasteiger partial charge in [0.25, 0.3) is 0 Å². The molecule has 27 heavy (non-hydrogen) atoms. The van der Waals surface area contributed by atoms with Crippen molar-refractivity contribution in [3.8, 4) is 0 Å². The van der Waals surface area contributed by atoms with Crippen molar-refractivity contribution in [2.45, 2.75) is 36.8 Å². The van der Waals surface area contributed by atoms with Crippen LogP contribution in [0.25, 0.3) is 0 Å². The summed E-state index contributed by atoms with van der Waals surface area (Å²) >= 11 is 0. The Morgan fingerprint density at radius 2 is 1.74 bits per heavy atom. The fourth-order valence-electron chi connectivity index (χ4n) is 2.85. The summed E-state index contributed by atoms with van der Waals surface area (Å²) in [6.07, 6.45) is -0.703. The van der Waals surface area contributed by atoms with Gasteiger partial charge in [0.2, 0.25) is 0 Å². The average molecular weight is 392 g/mol. The molecule has 0 bridgehead atoms. The molecule has 2 atom stereocenters. The first-order chi connectivity index (χ1) is 12.8. The summed E-state index contributed by atoms with van der Waals surface area (Å²) in [5.41, 5.74) is 7.26. The highest BCUT2D eigenvalue weighted by molar-refractivity contribution is 7.92. The number of hydrogen-bond donors (Lipinski definition) is 4. The minimum absolute atomic E-state index is 0.166. The molecule has 6 nitrogen and oxygen atoms in total. The number of nitrogens with two attached hydrogens (primary N) is 1. The Morgan fingerprint density at radius 1 is 1.04 bits per heavy atom. The van der Waals surface area contributed by atoms with Crippen LogP contribution in [0.15, 0.2) is 59.5 Å². The quantitative estimate of drug-likeness (QED) is 0.460. The standard InChI is InChI=1S/C20H29N3O3S/c1-15(2)20(27(25,26)19-10-6-9-17(21)11-19)23-14-18(24)13-22-12-16-7-4-3-5-8-16/h3-11,15,18,20,22-24H,12-14,21H2,1-2H3/t18-,20?/m1/s1. The molecule has 1 unspecified atom stereocenters. The van der Waals surface area contributed by atoms with Crippen molar-refractivity contribution in [3.63, 3.8) is 0 Å². The molecule has 0 spiro atoms. The Kier molecular flexibility index (Phi) is 7.79. The van der Waals surface area contributed by atoms with Gasteiger partial charge >= 0.3 is 0 Å². The lowest BCUT2D eigenvalue weighted by Crippen LogP contribution is -2.46. The second-order valence-corrected chi connectivity index (χ2v) is 9.03. The summed E-state index contributed by atoms with van der Waals surface area (Å²) in [5.74, 6) is -0.166. The van der Waals surface area contributed by atoms with Crippen LogP contribution in [-0.2, 0) is 16.4 Å². The minimum Gasteiger partial charge on any atom is -0.399 e. The molecule has 0 heterocycles. The number of nitrogens with one attached hydrogen (secondary N) is 2. The van der Waals surface area contributed by atoms with E-state index in [2.05, 4.69) is 10.6 Å². The molecule has 0 amide bonds. The molecule has 0 saturated heterocycles. The monoisotopic (exact) mass is 391 g/mol. The lowest BCUT2D eigenvalue weighted by atomic mass is 10.2. The Morgan fingerprint density at radius 3 is 2.37 bits per heavy atom. The molecular weight excluding hydrogens is 362 g/mol. The zero-order chi connectivity index (χ0) is 19.9. The smallest absolute Gasteiger partial charge is 0.194 e. The molecule has 0 saturated carbocycles. The van der Waals surface area contributed by atoms with Gasteiger partial charge in [0, 0.05) is 25.3 Å². The normalized spacial score (nSPS) is 14.2. The van der Waals surface area contributed by atoms with Crippen molar-refractivity contribution in [1.29, 1.82) is 0 Å². The van der Waals surface area contributed by atoms with Crippen LogP contribution in [-0.4, -0.2) is 38.1 Å². The summed E-state index contributed by atoms with van der Waals surface area (Å²) in [6, 6.07) is 16.2. The maximum atomic E-state index is 12.9. The Bertz CT molecular complexity index is 810. The number of rotatable bonds is 10. The molecule has 2 rings (SSSR count). The highest BCUT2D eigenvalue weighted by atomic mass is 32.2. The van der Waals surface area contributed by atoms with E-state index in [1.54, 1.807) is 18.2 Å². The molecule has 0 aliphatic heterocycles. The van der Waals surface area contributed by atoms with Crippen molar-refractivity contribution >= 4 is 15.5 Å². The minimum atomic E-state index is -3.60. The second kappa shape index (κ2) is 9.85. The molecule has 0 radical (unpaired) electrons. The summed E-state index contributed by atoms with van der Waals surface area (Å²) in [5, 5.41) is 15.6. The molecule has 7 heteroatoms. The first-order valence-corrected chi connectivity index (χ1v) is 10.6. The lowest BCUT2D eigenvalue weighted by molar-refractivity contribution is 0.165. The van der Waals surface area contributed by atoms with E-state index in [4.69, 9.17) is 5.73 Å². The van der Waals surface area contributed by atoms with Gasteiger partial charge in [-0.05, 0) is 29.7 Å². The molecule has 0 aromatic heterocycles. The van der Waals surface area contributed by atoms with Crippen molar-refractivity contribution in [2.24, 2.45) is 5.92 Å². The van der Waals surface area contributed by atoms with Gasteiger partial charge in [-0.15, -0.1) is 0 Å². The fourth-order valence-corrected chi connectivity index (χ4v) is 4.74. The fraction of sp³-hybridized carbons (Fsp3) is 0.400. The third kappa shape index (κ3) is 6.32. The summed E-state index contributed by atoms with van der Waals surface area (Å²) < 4.78 is 25.8. The molecule has 148 valence electrons. The number of sulfone groups is 1. The van der Waals surface area contributed by atoms with Crippen LogP contribution < -0.4 is 16.4 Å². The maximum Gasteiger partial charge on any atom is 0.194 e. The van der Waals surface area contributed by atoms with Gasteiger partial charge in [0.15, 0.2) is 9.84 Å². The highest BCUT2D eigenvalue weighted by Gasteiger charge is 2.30. The largest absolute Gasteiger partial charge is 0.399 e. The summed E-state index contributed by atoms with van der Waals surface area (Å²) in [6.45, 7) is 4.85. The van der Waals surface area contributed by atoms with Crippen LogP contribution in [0.4, 0.5) is 5.69 Å². The number of nitrogen functional groups attached to an aromatic ring is 1. The molecule has 5 N–H and O–H groups in total. The molecular formula is C20H29N3O3S. The SMILES string of the molecule is CC(C)C(NC[C@H](O)CNCc1ccccc1)S(=O)(=O)c1cccc(N)c1. The van der Waals surface area contributed by atoms with E-state index < -0.39 is 21.3 Å². The van der Waals surface area contributed by atoms with Gasteiger partial charge in [0.1, 0.15) is 5.37 Å². The van der Waals surface area contributed by atoms with E-state index >= 15 is 0 Å². The van der Waals surface area contributed by atoms with Crippen LogP contribution in [0.3, 0.4) is 0 Å². The molecule has 0 fully saturated rings. The first kappa shape index (κ1) is 21.4. The topological polar surface area (TPSA) is 104 Å². The zero-order valence-electron chi connectivity index (χ0n) is 15.8. The van der Waals surface area contributed by atoms with Crippen LogP contribution in [0.5, 0.6) is 0 Å². The van der Waals surface area contributed by atoms with Crippen molar-refractivity contribution < 1.29 is 13.5 Å². The van der Waals surface area contributed by atoms with Crippen molar-refractivity contribution in [2.75, 3.05) is 18.8 Å². The van der Waals surface area contributed by atoms with Gasteiger partial charge in [-0.2, -0.15) is 0 Å². The maximum absolute atomic E-state index is 12.9. The third-order valence-corrected chi connectivity index (χ3v) is 6.52. The van der Waals surface area contributed by atoms with Gasteiger partial charge < -0.3 is 16.2 Å². The van der Waals surface area contributed by atoms with Gasteiger partial charge in [0.05, 0.1) is 11.0 Å². The average Bonchev–Trinajstić information content (AvgIpc) is 2.62. The van der Waals surface area contributed by atoms with E-state index in [0.717, 1.165) is 5.56 Å². The predicted octanol–water partition coefficient (Wildman–Crippen LogP) is 1.76. The van der Waals surface area contributed by atoms with E-state index in [1.165, 1.54) is 6.07 Å². The zero-order valence-corrected chi connectivity index (χ0v) is 16.6. The van der Waals surface area contributed by atoms with Crippen LogP contribution in [0.2, 0.25) is 0 Å². The van der Waals surface area contributed by atoms with Gasteiger partial charge in [-0.25, -0.2) is 8.42 Å². The van der Waals surface area contributed by atoms with E-state index in [1.807, 2.05) is 44.2 Å². The van der Waals surface area contributed by atoms with Crippen molar-refractivity contribution in [3.05, 3.63) is 60.2 Å². The number of aliphatic hydroxyl groups is 1. The predicted molar refractivity (Wildman–Crippen MR) is 109 cm³/mol. The van der Waals surface area contributed by atoms with Gasteiger partial charge in [-0.1, -0.05) is 50.2 Å².